The van der Waals surface area contributed by atoms with Crippen LogP contribution in [0.4, 0.5) is 5.69 Å². The second-order valence-electron chi connectivity index (χ2n) is 7.12. The summed E-state index contributed by atoms with van der Waals surface area (Å²) in [6.45, 7) is 4.04. The first kappa shape index (κ1) is 19.9. The first-order valence-electron chi connectivity index (χ1n) is 9.48. The van der Waals surface area contributed by atoms with E-state index in [0.717, 1.165) is 22.0 Å². The quantitative estimate of drug-likeness (QED) is 0.349. The lowest BCUT2D eigenvalue weighted by atomic mass is 10.2. The lowest BCUT2D eigenvalue weighted by Crippen LogP contribution is -2.28. The Morgan fingerprint density at radius 1 is 0.867 bits per heavy atom. The molecule has 0 aliphatic carbocycles. The fraction of sp³-hybridized carbons (Fsp3) is 0.174. The van der Waals surface area contributed by atoms with Gasteiger partial charge in [0.15, 0.2) is 0 Å². The van der Waals surface area contributed by atoms with Crippen molar-refractivity contribution >= 4 is 35.1 Å². The molecule has 6 nitrogen and oxygen atoms in total. The van der Waals surface area contributed by atoms with E-state index in [-0.39, 0.29) is 35.2 Å². The van der Waals surface area contributed by atoms with Crippen molar-refractivity contribution in [2.75, 3.05) is 4.90 Å². The molecule has 2 heterocycles. The van der Waals surface area contributed by atoms with Crippen LogP contribution >= 0.6 is 11.6 Å². The molecule has 0 bridgehead atoms. The van der Waals surface area contributed by atoms with E-state index in [2.05, 4.69) is 4.57 Å². The number of imide groups is 1. The van der Waals surface area contributed by atoms with Crippen LogP contribution in [0.5, 0.6) is 5.75 Å². The summed E-state index contributed by atoms with van der Waals surface area (Å²) in [5, 5.41) is 0.179. The summed E-state index contributed by atoms with van der Waals surface area (Å²) in [6.07, 6.45) is 0.321. The summed E-state index contributed by atoms with van der Waals surface area (Å²) in [4.78, 5) is 37.7. The van der Waals surface area contributed by atoms with Crippen LogP contribution in [0.15, 0.2) is 54.6 Å². The summed E-state index contributed by atoms with van der Waals surface area (Å²) in [5.74, 6) is -0.899. The van der Waals surface area contributed by atoms with E-state index in [9.17, 15) is 14.4 Å². The molecular weight excluding hydrogens is 404 g/mol. The van der Waals surface area contributed by atoms with Crippen molar-refractivity contribution in [3.63, 3.8) is 0 Å². The van der Waals surface area contributed by atoms with Crippen molar-refractivity contribution in [2.45, 2.75) is 26.7 Å². The molecule has 7 heteroatoms. The summed E-state index contributed by atoms with van der Waals surface area (Å²) in [6, 6.07) is 15.6. The summed E-state index contributed by atoms with van der Waals surface area (Å²) >= 11 is 6.17. The van der Waals surface area contributed by atoms with E-state index in [0.29, 0.717) is 11.4 Å². The molecule has 1 aliphatic rings. The molecule has 0 unspecified atom stereocenters. The minimum atomic E-state index is -0.665. The molecule has 4 rings (SSSR count). The van der Waals surface area contributed by atoms with Gasteiger partial charge in [-0.3, -0.25) is 14.5 Å². The Labute approximate surface area is 178 Å². The van der Waals surface area contributed by atoms with E-state index in [1.807, 2.05) is 38.1 Å². The highest BCUT2D eigenvalue weighted by atomic mass is 35.5. The van der Waals surface area contributed by atoms with Crippen LogP contribution in [-0.4, -0.2) is 22.4 Å². The van der Waals surface area contributed by atoms with Crippen LogP contribution in [-0.2, 0) is 9.59 Å². The molecule has 1 aromatic heterocycles. The SMILES string of the molecule is Cc1ccc(C)n1-c1ccc(OC(=O)c2cc(N3C(=O)CCC3=O)ccc2Cl)cc1. The third-order valence-corrected chi connectivity index (χ3v) is 5.39. The van der Waals surface area contributed by atoms with Crippen LogP contribution < -0.4 is 9.64 Å². The molecule has 30 heavy (non-hydrogen) atoms. The van der Waals surface area contributed by atoms with Gasteiger partial charge in [-0.2, -0.15) is 0 Å². The fourth-order valence-electron chi connectivity index (χ4n) is 3.57. The molecular formula is C23H19ClN2O4. The summed E-state index contributed by atoms with van der Waals surface area (Å²) < 4.78 is 7.56. The zero-order valence-electron chi connectivity index (χ0n) is 16.5. The van der Waals surface area contributed by atoms with Gasteiger partial charge in [0.05, 0.1) is 16.3 Å². The Kier molecular flexibility index (Phi) is 5.18. The fourth-order valence-corrected chi connectivity index (χ4v) is 3.77. The number of ether oxygens (including phenoxy) is 1. The number of hydrogen-bond acceptors (Lipinski definition) is 4. The highest BCUT2D eigenvalue weighted by Crippen LogP contribution is 2.28. The number of benzene rings is 2. The van der Waals surface area contributed by atoms with Gasteiger partial charge in [0.1, 0.15) is 5.75 Å². The zero-order valence-corrected chi connectivity index (χ0v) is 17.3. The Hall–Kier alpha value is -3.38. The van der Waals surface area contributed by atoms with Crippen LogP contribution in [0.1, 0.15) is 34.6 Å². The maximum absolute atomic E-state index is 12.7. The van der Waals surface area contributed by atoms with Gasteiger partial charge in [0.2, 0.25) is 11.8 Å². The molecule has 0 spiro atoms. The summed E-state index contributed by atoms with van der Waals surface area (Å²) in [5.41, 5.74) is 3.56. The minimum Gasteiger partial charge on any atom is -0.423 e. The van der Waals surface area contributed by atoms with Gasteiger partial charge in [-0.25, -0.2) is 4.79 Å². The second kappa shape index (κ2) is 7.80. The minimum absolute atomic E-state index is 0.0860. The van der Waals surface area contributed by atoms with Crippen molar-refractivity contribution in [3.8, 4) is 11.4 Å². The van der Waals surface area contributed by atoms with Crippen LogP contribution in [0.25, 0.3) is 5.69 Å². The van der Waals surface area contributed by atoms with Crippen LogP contribution in [0, 0.1) is 13.8 Å². The first-order valence-corrected chi connectivity index (χ1v) is 9.86. The Morgan fingerprint density at radius 2 is 1.43 bits per heavy atom. The predicted octanol–water partition coefficient (Wildman–Crippen LogP) is 4.62. The molecule has 1 fully saturated rings. The number of halogens is 1. The predicted molar refractivity (Wildman–Crippen MR) is 113 cm³/mol. The molecule has 0 radical (unpaired) electrons. The van der Waals surface area contributed by atoms with Crippen molar-refractivity contribution in [1.82, 2.24) is 4.57 Å². The van der Waals surface area contributed by atoms with E-state index >= 15 is 0 Å². The second-order valence-corrected chi connectivity index (χ2v) is 7.53. The van der Waals surface area contributed by atoms with E-state index in [1.54, 1.807) is 12.1 Å². The van der Waals surface area contributed by atoms with Crippen molar-refractivity contribution < 1.29 is 19.1 Å². The van der Waals surface area contributed by atoms with E-state index in [1.165, 1.54) is 18.2 Å². The smallest absolute Gasteiger partial charge is 0.345 e. The summed E-state index contributed by atoms with van der Waals surface area (Å²) in [7, 11) is 0. The highest BCUT2D eigenvalue weighted by molar-refractivity contribution is 6.34. The Bertz CT molecular complexity index is 1130. The van der Waals surface area contributed by atoms with Gasteiger partial charge in [-0.05, 0) is 68.4 Å². The number of hydrogen-bond donors (Lipinski definition) is 0. The molecule has 0 atom stereocenters. The number of carbonyl (C=O) groups excluding carboxylic acids is 3. The van der Waals surface area contributed by atoms with E-state index in [4.69, 9.17) is 16.3 Å². The van der Waals surface area contributed by atoms with Gasteiger partial charge < -0.3 is 9.30 Å². The largest absolute Gasteiger partial charge is 0.423 e. The zero-order chi connectivity index (χ0) is 21.4. The molecule has 0 saturated carbocycles. The monoisotopic (exact) mass is 422 g/mol. The Balaban J connectivity index is 1.56. The molecule has 2 amide bonds. The number of rotatable bonds is 4. The average Bonchev–Trinajstić information content (AvgIpc) is 3.24. The van der Waals surface area contributed by atoms with Crippen molar-refractivity contribution in [2.24, 2.45) is 0 Å². The number of anilines is 1. The highest BCUT2D eigenvalue weighted by Gasteiger charge is 2.31. The van der Waals surface area contributed by atoms with Crippen LogP contribution in [0.2, 0.25) is 5.02 Å². The lowest BCUT2D eigenvalue weighted by molar-refractivity contribution is -0.121. The number of amides is 2. The topological polar surface area (TPSA) is 68.6 Å². The normalized spacial score (nSPS) is 13.8. The van der Waals surface area contributed by atoms with Gasteiger partial charge in [-0.15, -0.1) is 0 Å². The third kappa shape index (κ3) is 3.62. The van der Waals surface area contributed by atoms with Gasteiger partial charge in [-0.1, -0.05) is 11.6 Å². The molecule has 1 aliphatic heterocycles. The lowest BCUT2D eigenvalue weighted by Gasteiger charge is -2.15. The molecule has 152 valence electrons. The Morgan fingerprint density at radius 3 is 2.03 bits per heavy atom. The molecule has 1 saturated heterocycles. The van der Waals surface area contributed by atoms with Crippen LogP contribution in [0.3, 0.4) is 0 Å². The third-order valence-electron chi connectivity index (χ3n) is 5.06. The van der Waals surface area contributed by atoms with Gasteiger partial charge in [0.25, 0.3) is 0 Å². The number of nitrogens with zero attached hydrogens (tertiary/aromatic N) is 2. The van der Waals surface area contributed by atoms with Crippen molar-refractivity contribution in [3.05, 3.63) is 76.6 Å². The maximum atomic E-state index is 12.7. The van der Waals surface area contributed by atoms with E-state index < -0.39 is 5.97 Å². The maximum Gasteiger partial charge on any atom is 0.345 e. The molecule has 0 N–H and O–H groups in total. The number of aromatic nitrogens is 1. The van der Waals surface area contributed by atoms with Crippen molar-refractivity contribution in [1.29, 1.82) is 0 Å². The molecule has 2 aromatic carbocycles. The standard InChI is InChI=1S/C23H19ClN2O4/c1-14-3-4-15(2)25(14)16-5-8-18(9-6-16)30-23(29)19-13-17(7-10-20(19)24)26-21(27)11-12-22(26)28/h3-10,13H,11-12H2,1-2H3. The van der Waals surface area contributed by atoms with Gasteiger partial charge >= 0.3 is 5.97 Å². The first-order chi connectivity index (χ1) is 14.3. The molecule has 3 aromatic rings. The van der Waals surface area contributed by atoms with Gasteiger partial charge in [0, 0.05) is 29.9 Å². The average molecular weight is 423 g/mol. The number of esters is 1. The number of carbonyl (C=O) groups is 3. The number of aryl methyl sites for hydroxylation is 2.